The molecule has 6 heteroatoms. The Kier molecular flexibility index (Phi) is 5.07. The molecule has 1 aromatic heterocycles. The third kappa shape index (κ3) is 3.67. The van der Waals surface area contributed by atoms with Gasteiger partial charge in [0.25, 0.3) is 0 Å². The highest BCUT2D eigenvalue weighted by molar-refractivity contribution is 7.19. The second-order valence-electron chi connectivity index (χ2n) is 5.07. The smallest absolute Gasteiger partial charge is 0.340 e. The third-order valence-corrected chi connectivity index (χ3v) is 4.51. The van der Waals surface area contributed by atoms with Gasteiger partial charge in [0, 0.05) is 6.20 Å². The van der Waals surface area contributed by atoms with Gasteiger partial charge in [-0.25, -0.2) is 9.78 Å². The van der Waals surface area contributed by atoms with E-state index >= 15 is 0 Å². The molecule has 2 aromatic carbocycles. The highest BCUT2D eigenvalue weighted by Gasteiger charge is 2.12. The van der Waals surface area contributed by atoms with Crippen LogP contribution in [0.3, 0.4) is 0 Å². The van der Waals surface area contributed by atoms with Crippen LogP contribution in [0.1, 0.15) is 22.3 Å². The Morgan fingerprint density at radius 3 is 2.80 bits per heavy atom. The number of carbonyl (C=O) groups excluding carboxylic acids is 1. The van der Waals surface area contributed by atoms with E-state index in [4.69, 9.17) is 4.74 Å². The van der Waals surface area contributed by atoms with Crippen molar-refractivity contribution in [3.63, 3.8) is 0 Å². The van der Waals surface area contributed by atoms with Crippen molar-refractivity contribution < 1.29 is 9.53 Å². The van der Waals surface area contributed by atoms with Crippen LogP contribution in [0, 0.1) is 11.3 Å². The van der Waals surface area contributed by atoms with E-state index in [0.717, 1.165) is 10.2 Å². The van der Waals surface area contributed by atoms with Crippen LogP contribution in [0.5, 0.6) is 0 Å². The van der Waals surface area contributed by atoms with E-state index in [1.165, 1.54) is 11.3 Å². The van der Waals surface area contributed by atoms with E-state index in [2.05, 4.69) is 16.4 Å². The number of para-hydroxylation sites is 2. The Morgan fingerprint density at radius 1 is 1.28 bits per heavy atom. The van der Waals surface area contributed by atoms with Gasteiger partial charge in [-0.3, -0.25) is 0 Å². The van der Waals surface area contributed by atoms with Crippen LogP contribution in [0.4, 0.5) is 5.69 Å². The molecule has 124 valence electrons. The number of ether oxygens (including phenoxy) is 1. The van der Waals surface area contributed by atoms with Gasteiger partial charge in [-0.1, -0.05) is 24.3 Å². The first kappa shape index (κ1) is 16.7. The number of hydrogen-bond donors (Lipinski definition) is 1. The Labute approximate surface area is 149 Å². The van der Waals surface area contributed by atoms with E-state index in [0.29, 0.717) is 28.4 Å². The Balaban J connectivity index is 1.90. The molecule has 1 N–H and O–H groups in total. The lowest BCUT2D eigenvalue weighted by Gasteiger charge is -2.08. The summed E-state index contributed by atoms with van der Waals surface area (Å²) >= 11 is 1.45. The lowest BCUT2D eigenvalue weighted by Crippen LogP contribution is -2.07. The zero-order valence-corrected chi connectivity index (χ0v) is 14.3. The van der Waals surface area contributed by atoms with Crippen molar-refractivity contribution in [3.8, 4) is 6.07 Å². The summed E-state index contributed by atoms with van der Waals surface area (Å²) in [5, 5.41) is 13.1. The van der Waals surface area contributed by atoms with Crippen LogP contribution >= 0.6 is 11.3 Å². The average Bonchev–Trinajstić information content (AvgIpc) is 3.06. The molecule has 0 spiro atoms. The number of rotatable bonds is 5. The molecule has 0 aliphatic heterocycles. The van der Waals surface area contributed by atoms with Crippen LogP contribution < -0.4 is 5.32 Å². The summed E-state index contributed by atoms with van der Waals surface area (Å²) in [6.07, 6.45) is 1.57. The second-order valence-corrected chi connectivity index (χ2v) is 6.10. The number of hydrogen-bond acceptors (Lipinski definition) is 6. The van der Waals surface area contributed by atoms with E-state index in [9.17, 15) is 10.1 Å². The minimum atomic E-state index is -0.405. The zero-order chi connectivity index (χ0) is 17.6. The first-order valence-electron chi connectivity index (χ1n) is 7.72. The molecule has 0 unspecified atom stereocenters. The SMILES string of the molecule is CCOC(=O)c1ccccc1NC=C(C#N)c1nc2ccccc2s1. The van der Waals surface area contributed by atoms with E-state index in [1.54, 1.807) is 31.3 Å². The van der Waals surface area contributed by atoms with Gasteiger partial charge < -0.3 is 10.1 Å². The molecular weight excluding hydrogens is 334 g/mol. The minimum absolute atomic E-state index is 0.304. The molecule has 0 amide bonds. The Hall–Kier alpha value is -3.17. The number of carbonyl (C=O) groups is 1. The van der Waals surface area contributed by atoms with Crippen molar-refractivity contribution in [2.75, 3.05) is 11.9 Å². The number of thiazole rings is 1. The molecule has 25 heavy (non-hydrogen) atoms. The monoisotopic (exact) mass is 349 g/mol. The molecule has 3 aromatic rings. The van der Waals surface area contributed by atoms with Gasteiger partial charge in [0.1, 0.15) is 16.6 Å². The zero-order valence-electron chi connectivity index (χ0n) is 13.5. The van der Waals surface area contributed by atoms with Gasteiger partial charge >= 0.3 is 5.97 Å². The van der Waals surface area contributed by atoms with Crippen molar-refractivity contribution in [2.45, 2.75) is 6.92 Å². The molecule has 0 aliphatic rings. The summed E-state index contributed by atoms with van der Waals surface area (Å²) in [6.45, 7) is 2.06. The van der Waals surface area contributed by atoms with E-state index in [-0.39, 0.29) is 0 Å². The molecule has 0 atom stereocenters. The molecule has 5 nitrogen and oxygen atoms in total. The van der Waals surface area contributed by atoms with Crippen molar-refractivity contribution in [1.82, 2.24) is 4.98 Å². The summed E-state index contributed by atoms with van der Waals surface area (Å²) in [5.41, 5.74) is 2.26. The number of benzene rings is 2. The van der Waals surface area contributed by atoms with Gasteiger partial charge in [0.05, 0.1) is 28.1 Å². The molecule has 0 aliphatic carbocycles. The van der Waals surface area contributed by atoms with Crippen LogP contribution in [-0.4, -0.2) is 17.6 Å². The maximum absolute atomic E-state index is 12.0. The summed E-state index contributed by atoms with van der Waals surface area (Å²) in [6, 6.07) is 16.9. The van der Waals surface area contributed by atoms with Crippen molar-refractivity contribution in [1.29, 1.82) is 5.26 Å². The number of nitriles is 1. The normalized spacial score (nSPS) is 11.1. The fourth-order valence-electron chi connectivity index (χ4n) is 2.27. The highest BCUT2D eigenvalue weighted by atomic mass is 32.1. The summed E-state index contributed by atoms with van der Waals surface area (Å²) in [7, 11) is 0. The average molecular weight is 349 g/mol. The topological polar surface area (TPSA) is 75.0 Å². The highest BCUT2D eigenvalue weighted by Crippen LogP contribution is 2.27. The molecule has 0 fully saturated rings. The first-order valence-corrected chi connectivity index (χ1v) is 8.53. The van der Waals surface area contributed by atoms with Crippen molar-refractivity contribution in [2.24, 2.45) is 0 Å². The molecular formula is C19H15N3O2S. The molecule has 0 saturated carbocycles. The number of nitrogens with one attached hydrogen (secondary N) is 1. The second kappa shape index (κ2) is 7.60. The molecule has 0 radical (unpaired) electrons. The van der Waals surface area contributed by atoms with Gasteiger partial charge in [-0.2, -0.15) is 5.26 Å². The van der Waals surface area contributed by atoms with Crippen LogP contribution in [-0.2, 0) is 4.74 Å². The van der Waals surface area contributed by atoms with Crippen molar-refractivity contribution >= 4 is 38.8 Å². The molecule has 0 saturated heterocycles. The van der Waals surface area contributed by atoms with Gasteiger partial charge in [0.2, 0.25) is 0 Å². The van der Waals surface area contributed by atoms with Gasteiger partial charge in [-0.05, 0) is 31.2 Å². The molecule has 3 rings (SSSR count). The first-order chi connectivity index (χ1) is 12.2. The molecule has 0 bridgehead atoms. The van der Waals surface area contributed by atoms with Gasteiger partial charge in [0.15, 0.2) is 0 Å². The van der Waals surface area contributed by atoms with Gasteiger partial charge in [-0.15, -0.1) is 11.3 Å². The van der Waals surface area contributed by atoms with E-state index in [1.807, 2.05) is 30.3 Å². The lowest BCUT2D eigenvalue weighted by molar-refractivity contribution is 0.0527. The largest absolute Gasteiger partial charge is 0.462 e. The quantitative estimate of drug-likeness (QED) is 0.544. The number of allylic oxidation sites excluding steroid dienone is 1. The number of aromatic nitrogens is 1. The Morgan fingerprint density at radius 2 is 2.04 bits per heavy atom. The fraction of sp³-hybridized carbons (Fsp3) is 0.105. The number of fused-ring (bicyclic) bond motifs is 1. The maximum atomic E-state index is 12.0. The number of nitrogens with zero attached hydrogens (tertiary/aromatic N) is 2. The number of esters is 1. The summed E-state index contributed by atoms with van der Waals surface area (Å²) < 4.78 is 6.07. The predicted octanol–water partition coefficient (Wildman–Crippen LogP) is 4.45. The van der Waals surface area contributed by atoms with Crippen LogP contribution in [0.25, 0.3) is 15.8 Å². The Bertz CT molecular complexity index is 952. The summed E-state index contributed by atoms with van der Waals surface area (Å²) in [4.78, 5) is 16.5. The predicted molar refractivity (Wildman–Crippen MR) is 99.2 cm³/mol. The standard InChI is InChI=1S/C19H15N3O2S/c1-2-24-19(23)14-7-3-4-8-15(14)21-12-13(11-20)18-22-16-9-5-6-10-17(16)25-18/h3-10,12,21H,2H2,1H3. The molecule has 1 heterocycles. The number of anilines is 1. The fourth-order valence-corrected chi connectivity index (χ4v) is 3.21. The van der Waals surface area contributed by atoms with Crippen molar-refractivity contribution in [3.05, 3.63) is 65.3 Å². The third-order valence-electron chi connectivity index (χ3n) is 3.44. The lowest BCUT2D eigenvalue weighted by atomic mass is 10.2. The van der Waals surface area contributed by atoms with Crippen LogP contribution in [0.2, 0.25) is 0 Å². The summed E-state index contributed by atoms with van der Waals surface area (Å²) in [5.74, 6) is -0.405. The maximum Gasteiger partial charge on any atom is 0.340 e. The minimum Gasteiger partial charge on any atom is -0.462 e. The van der Waals surface area contributed by atoms with Crippen LogP contribution in [0.15, 0.2) is 54.7 Å². The van der Waals surface area contributed by atoms with E-state index < -0.39 is 5.97 Å².